The first-order chi connectivity index (χ1) is 11.3. The van der Waals surface area contributed by atoms with Gasteiger partial charge in [-0.15, -0.1) is 0 Å². The van der Waals surface area contributed by atoms with E-state index >= 15 is 0 Å². The summed E-state index contributed by atoms with van der Waals surface area (Å²) in [4.78, 5) is 34.1. The van der Waals surface area contributed by atoms with Crippen LogP contribution in [-0.2, 0) is 16.6 Å². The van der Waals surface area contributed by atoms with Crippen LogP contribution in [0.5, 0.6) is 0 Å². The van der Waals surface area contributed by atoms with Gasteiger partial charge in [-0.05, 0) is 13.0 Å². The van der Waals surface area contributed by atoms with Gasteiger partial charge in [-0.2, -0.15) is 5.10 Å². The summed E-state index contributed by atoms with van der Waals surface area (Å²) in [5.41, 5.74) is 0.0281. The van der Waals surface area contributed by atoms with Gasteiger partial charge in [0, 0.05) is 25.4 Å². The van der Waals surface area contributed by atoms with Crippen LogP contribution in [0, 0.1) is 10.1 Å². The SMILES string of the molecule is CC(OC(=O)c1cnn(C)c1)C(=O)Nc1cc([N+](=O)[O-])ccc1Cl. The standard InChI is InChI=1S/C14H13ClN4O5/c1-8(24-14(21)9-6-16-18(2)7-9)13(20)17-12-5-10(19(22)23)3-4-11(12)15/h3-8H,1-2H3,(H,17,20). The van der Waals surface area contributed by atoms with Crippen LogP contribution in [0.3, 0.4) is 0 Å². The highest BCUT2D eigenvalue weighted by molar-refractivity contribution is 6.33. The summed E-state index contributed by atoms with van der Waals surface area (Å²) in [5.74, 6) is -1.38. The number of amides is 1. The fourth-order valence-electron chi connectivity index (χ4n) is 1.77. The van der Waals surface area contributed by atoms with Gasteiger partial charge in [0.2, 0.25) is 0 Å². The Balaban J connectivity index is 2.05. The maximum atomic E-state index is 12.1. The molecule has 0 aliphatic rings. The molecule has 9 nitrogen and oxygen atoms in total. The Morgan fingerprint density at radius 1 is 1.46 bits per heavy atom. The lowest BCUT2D eigenvalue weighted by Crippen LogP contribution is -2.30. The second kappa shape index (κ2) is 7.09. The molecule has 0 saturated heterocycles. The van der Waals surface area contributed by atoms with Crippen molar-refractivity contribution in [3.63, 3.8) is 0 Å². The first-order valence-electron chi connectivity index (χ1n) is 6.72. The molecule has 0 aliphatic heterocycles. The molecule has 1 N–H and O–H groups in total. The molecule has 1 aromatic heterocycles. The summed E-state index contributed by atoms with van der Waals surface area (Å²) >= 11 is 5.90. The van der Waals surface area contributed by atoms with E-state index in [1.807, 2.05) is 0 Å². The summed E-state index contributed by atoms with van der Waals surface area (Å²) in [5, 5.41) is 17.1. The molecule has 1 unspecified atom stereocenters. The van der Waals surface area contributed by atoms with E-state index in [1.54, 1.807) is 7.05 Å². The van der Waals surface area contributed by atoms with Crippen LogP contribution in [0.25, 0.3) is 0 Å². The summed E-state index contributed by atoms with van der Waals surface area (Å²) in [7, 11) is 1.64. The molecule has 0 radical (unpaired) electrons. The molecule has 0 fully saturated rings. The Hall–Kier alpha value is -2.94. The van der Waals surface area contributed by atoms with Crippen molar-refractivity contribution in [1.82, 2.24) is 9.78 Å². The smallest absolute Gasteiger partial charge is 0.342 e. The van der Waals surface area contributed by atoms with E-state index < -0.39 is 22.9 Å². The topological polar surface area (TPSA) is 116 Å². The Morgan fingerprint density at radius 2 is 2.17 bits per heavy atom. The summed E-state index contributed by atoms with van der Waals surface area (Å²) in [6.45, 7) is 1.37. The lowest BCUT2D eigenvalue weighted by Gasteiger charge is -2.13. The zero-order valence-electron chi connectivity index (χ0n) is 12.7. The van der Waals surface area contributed by atoms with Crippen LogP contribution in [0.2, 0.25) is 5.02 Å². The molecule has 1 amide bonds. The fraction of sp³-hybridized carbons (Fsp3) is 0.214. The molecule has 1 aromatic carbocycles. The highest BCUT2D eigenvalue weighted by atomic mass is 35.5. The van der Waals surface area contributed by atoms with Crippen molar-refractivity contribution >= 4 is 34.9 Å². The quantitative estimate of drug-likeness (QED) is 0.500. The van der Waals surface area contributed by atoms with Crippen molar-refractivity contribution in [2.24, 2.45) is 7.05 Å². The number of nitro benzene ring substituents is 1. The average Bonchev–Trinajstić information content (AvgIpc) is 2.95. The van der Waals surface area contributed by atoms with Gasteiger partial charge >= 0.3 is 5.97 Å². The van der Waals surface area contributed by atoms with Gasteiger partial charge in [0.05, 0.1) is 27.4 Å². The number of aryl methyl sites for hydroxylation is 1. The van der Waals surface area contributed by atoms with Crippen LogP contribution in [-0.4, -0.2) is 32.7 Å². The lowest BCUT2D eigenvalue weighted by molar-refractivity contribution is -0.384. The molecule has 10 heteroatoms. The number of esters is 1. The number of ether oxygens (including phenoxy) is 1. The Labute approximate surface area is 141 Å². The molecule has 0 spiro atoms. The zero-order chi connectivity index (χ0) is 17.9. The van der Waals surface area contributed by atoms with Crippen LogP contribution in [0.15, 0.2) is 30.6 Å². The number of hydrogen-bond acceptors (Lipinski definition) is 6. The number of carbonyl (C=O) groups excluding carboxylic acids is 2. The maximum Gasteiger partial charge on any atom is 0.342 e. The predicted molar refractivity (Wildman–Crippen MR) is 84.8 cm³/mol. The molecule has 0 aliphatic carbocycles. The highest BCUT2D eigenvalue weighted by Gasteiger charge is 2.21. The van der Waals surface area contributed by atoms with Gasteiger partial charge in [0.1, 0.15) is 0 Å². The number of aromatic nitrogens is 2. The first-order valence-corrected chi connectivity index (χ1v) is 7.10. The van der Waals surface area contributed by atoms with Crippen LogP contribution >= 0.6 is 11.6 Å². The molecular weight excluding hydrogens is 340 g/mol. The van der Waals surface area contributed by atoms with Crippen LogP contribution < -0.4 is 5.32 Å². The molecule has 1 atom stereocenters. The minimum Gasteiger partial charge on any atom is -0.449 e. The lowest BCUT2D eigenvalue weighted by atomic mass is 10.2. The predicted octanol–water partition coefficient (Wildman–Crippen LogP) is 2.17. The number of anilines is 1. The number of nitrogens with zero attached hydrogens (tertiary/aromatic N) is 3. The second-order valence-electron chi connectivity index (χ2n) is 4.86. The Kier molecular flexibility index (Phi) is 5.14. The average molecular weight is 353 g/mol. The Morgan fingerprint density at radius 3 is 2.75 bits per heavy atom. The van der Waals surface area contributed by atoms with Crippen molar-refractivity contribution in [3.8, 4) is 0 Å². The summed E-state index contributed by atoms with van der Waals surface area (Å²) in [6, 6.07) is 3.63. The van der Waals surface area contributed by atoms with Crippen LogP contribution in [0.4, 0.5) is 11.4 Å². The van der Waals surface area contributed by atoms with Gasteiger partial charge < -0.3 is 10.1 Å². The minimum absolute atomic E-state index is 0.0557. The van der Waals surface area contributed by atoms with E-state index in [-0.39, 0.29) is 22.0 Å². The van der Waals surface area contributed by atoms with E-state index in [1.165, 1.54) is 36.1 Å². The third-order valence-electron chi connectivity index (χ3n) is 3.01. The number of rotatable bonds is 5. The number of carbonyl (C=O) groups is 2. The van der Waals surface area contributed by atoms with Crippen molar-refractivity contribution < 1.29 is 19.2 Å². The van der Waals surface area contributed by atoms with Gasteiger partial charge in [-0.1, -0.05) is 11.6 Å². The first kappa shape index (κ1) is 17.4. The molecule has 0 saturated carbocycles. The molecular formula is C14H13ClN4O5. The Bertz CT molecular complexity index is 804. The van der Waals surface area contributed by atoms with Gasteiger partial charge in [0.25, 0.3) is 11.6 Å². The van der Waals surface area contributed by atoms with E-state index in [9.17, 15) is 19.7 Å². The van der Waals surface area contributed by atoms with Crippen molar-refractivity contribution in [2.75, 3.05) is 5.32 Å². The van der Waals surface area contributed by atoms with Gasteiger partial charge in [0.15, 0.2) is 6.10 Å². The normalized spacial score (nSPS) is 11.6. The van der Waals surface area contributed by atoms with E-state index in [0.29, 0.717) is 0 Å². The molecule has 1 heterocycles. The molecule has 2 rings (SSSR count). The van der Waals surface area contributed by atoms with Crippen LogP contribution in [0.1, 0.15) is 17.3 Å². The van der Waals surface area contributed by atoms with E-state index in [2.05, 4.69) is 10.4 Å². The number of benzene rings is 1. The summed E-state index contributed by atoms with van der Waals surface area (Å²) in [6.07, 6.45) is 1.63. The highest BCUT2D eigenvalue weighted by Crippen LogP contribution is 2.26. The number of nitro groups is 1. The number of nitrogens with one attached hydrogen (secondary N) is 1. The fourth-order valence-corrected chi connectivity index (χ4v) is 1.93. The number of halogens is 1. The van der Waals surface area contributed by atoms with Crippen molar-refractivity contribution in [2.45, 2.75) is 13.0 Å². The third kappa shape index (κ3) is 4.07. The monoisotopic (exact) mass is 352 g/mol. The number of non-ortho nitro benzene ring substituents is 1. The van der Waals surface area contributed by atoms with Gasteiger partial charge in [-0.25, -0.2) is 4.79 Å². The zero-order valence-corrected chi connectivity index (χ0v) is 13.5. The minimum atomic E-state index is -1.13. The third-order valence-corrected chi connectivity index (χ3v) is 3.34. The van der Waals surface area contributed by atoms with E-state index in [0.717, 1.165) is 6.07 Å². The molecule has 126 valence electrons. The molecule has 0 bridgehead atoms. The molecule has 24 heavy (non-hydrogen) atoms. The van der Waals surface area contributed by atoms with E-state index in [4.69, 9.17) is 16.3 Å². The summed E-state index contributed by atoms with van der Waals surface area (Å²) < 4.78 is 6.44. The maximum absolute atomic E-state index is 12.1. The van der Waals surface area contributed by atoms with Crippen molar-refractivity contribution in [3.05, 3.63) is 51.3 Å². The number of hydrogen-bond donors (Lipinski definition) is 1. The molecule has 2 aromatic rings. The van der Waals surface area contributed by atoms with Crippen molar-refractivity contribution in [1.29, 1.82) is 0 Å². The van der Waals surface area contributed by atoms with Gasteiger partial charge in [-0.3, -0.25) is 19.6 Å². The largest absolute Gasteiger partial charge is 0.449 e. The second-order valence-corrected chi connectivity index (χ2v) is 5.27.